The molecule has 1 aliphatic rings. The van der Waals surface area contributed by atoms with Gasteiger partial charge in [0, 0.05) is 57.3 Å². The number of nitrogens with one attached hydrogen (secondary N) is 1. The largest absolute Gasteiger partial charge is 0.396 e. The van der Waals surface area contributed by atoms with Crippen LogP contribution in [-0.4, -0.2) is 66.7 Å². The van der Waals surface area contributed by atoms with Crippen LogP contribution in [0.1, 0.15) is 38.0 Å². The lowest BCUT2D eigenvalue weighted by atomic mass is 10.0. The summed E-state index contributed by atoms with van der Waals surface area (Å²) >= 11 is 1.84. The van der Waals surface area contributed by atoms with Gasteiger partial charge in [0.05, 0.1) is 0 Å². The van der Waals surface area contributed by atoms with Crippen LogP contribution in [0.15, 0.2) is 22.5 Å². The molecule has 1 saturated heterocycles. The van der Waals surface area contributed by atoms with Gasteiger partial charge in [0.15, 0.2) is 5.96 Å². The average Bonchev–Trinajstić information content (AvgIpc) is 3.12. The summed E-state index contributed by atoms with van der Waals surface area (Å²) in [5, 5.41) is 14.8. The van der Waals surface area contributed by atoms with Gasteiger partial charge in [0.25, 0.3) is 0 Å². The fraction of sp³-hybridized carbons (Fsp3) is 0.737. The molecule has 2 heterocycles. The molecule has 0 radical (unpaired) electrons. The number of hydrogen-bond acceptors (Lipinski definition) is 4. The first-order valence-corrected chi connectivity index (χ1v) is 10.5. The van der Waals surface area contributed by atoms with Crippen molar-refractivity contribution in [1.82, 2.24) is 15.1 Å². The van der Waals surface area contributed by atoms with Crippen LogP contribution in [0.5, 0.6) is 0 Å². The van der Waals surface area contributed by atoms with E-state index in [9.17, 15) is 5.11 Å². The molecule has 0 aromatic carbocycles. The fourth-order valence-electron chi connectivity index (χ4n) is 3.30. The first-order valence-electron chi connectivity index (χ1n) is 9.65. The molecule has 1 atom stereocenters. The van der Waals surface area contributed by atoms with Gasteiger partial charge in [-0.05, 0) is 37.1 Å². The van der Waals surface area contributed by atoms with Crippen LogP contribution in [0.4, 0.5) is 0 Å². The molecule has 0 amide bonds. The summed E-state index contributed by atoms with van der Waals surface area (Å²) in [7, 11) is 0. The third-order valence-electron chi connectivity index (χ3n) is 4.70. The quantitative estimate of drug-likeness (QED) is 0.521. The van der Waals surface area contributed by atoms with E-state index in [0.29, 0.717) is 5.92 Å². The van der Waals surface area contributed by atoms with Gasteiger partial charge in [0.2, 0.25) is 0 Å². The van der Waals surface area contributed by atoms with Crippen LogP contribution >= 0.6 is 11.3 Å². The molecular weight excluding hydrogens is 332 g/mol. The highest BCUT2D eigenvalue weighted by molar-refractivity contribution is 7.09. The molecule has 0 aliphatic carbocycles. The highest BCUT2D eigenvalue weighted by Crippen LogP contribution is 2.14. The topological polar surface area (TPSA) is 51.1 Å². The van der Waals surface area contributed by atoms with E-state index in [2.05, 4.69) is 46.5 Å². The number of guanidine groups is 1. The zero-order chi connectivity index (χ0) is 17.9. The Morgan fingerprint density at radius 1 is 1.28 bits per heavy atom. The minimum Gasteiger partial charge on any atom is -0.396 e. The number of thiophene rings is 1. The SMILES string of the molecule is CCCC(CCO)CN=C(NCC)N1CCN(Cc2cccs2)CC1. The molecule has 6 heteroatoms. The van der Waals surface area contributed by atoms with Crippen LogP contribution in [-0.2, 0) is 6.54 Å². The maximum atomic E-state index is 9.24. The van der Waals surface area contributed by atoms with Crippen molar-refractivity contribution in [2.75, 3.05) is 45.9 Å². The monoisotopic (exact) mass is 366 g/mol. The van der Waals surface area contributed by atoms with Gasteiger partial charge >= 0.3 is 0 Å². The minimum absolute atomic E-state index is 0.262. The molecule has 2 N–H and O–H groups in total. The van der Waals surface area contributed by atoms with Crippen molar-refractivity contribution in [2.45, 2.75) is 39.7 Å². The van der Waals surface area contributed by atoms with Gasteiger partial charge in [-0.25, -0.2) is 0 Å². The maximum absolute atomic E-state index is 9.24. The van der Waals surface area contributed by atoms with E-state index in [1.54, 1.807) is 0 Å². The molecule has 1 aromatic rings. The predicted molar refractivity (Wildman–Crippen MR) is 107 cm³/mol. The van der Waals surface area contributed by atoms with Crippen molar-refractivity contribution in [2.24, 2.45) is 10.9 Å². The summed E-state index contributed by atoms with van der Waals surface area (Å²) in [5.74, 6) is 1.53. The van der Waals surface area contributed by atoms with E-state index in [1.165, 1.54) is 4.88 Å². The van der Waals surface area contributed by atoms with E-state index < -0.39 is 0 Å². The van der Waals surface area contributed by atoms with Crippen LogP contribution < -0.4 is 5.32 Å². The van der Waals surface area contributed by atoms with Crippen molar-refractivity contribution in [3.8, 4) is 0 Å². The Morgan fingerprint density at radius 2 is 2.08 bits per heavy atom. The lowest BCUT2D eigenvalue weighted by Gasteiger charge is -2.36. The standard InChI is InChI=1S/C19H34N4OS/c1-3-6-17(8-13-24)15-21-19(20-4-2)23-11-9-22(10-12-23)16-18-7-5-14-25-18/h5,7,14,17,24H,3-4,6,8-13,15-16H2,1-2H3,(H,20,21). The number of aliphatic hydroxyl groups excluding tert-OH is 1. The highest BCUT2D eigenvalue weighted by Gasteiger charge is 2.20. The maximum Gasteiger partial charge on any atom is 0.194 e. The molecule has 0 spiro atoms. The summed E-state index contributed by atoms with van der Waals surface area (Å²) < 4.78 is 0. The van der Waals surface area contributed by atoms with Crippen LogP contribution in [0.2, 0.25) is 0 Å². The van der Waals surface area contributed by atoms with Crippen molar-refractivity contribution < 1.29 is 5.11 Å². The highest BCUT2D eigenvalue weighted by atomic mass is 32.1. The number of hydrogen-bond donors (Lipinski definition) is 2. The number of nitrogens with zero attached hydrogens (tertiary/aromatic N) is 3. The zero-order valence-corrected chi connectivity index (χ0v) is 16.6. The number of aliphatic hydroxyl groups is 1. The molecule has 1 unspecified atom stereocenters. The van der Waals surface area contributed by atoms with Gasteiger partial charge in [-0.2, -0.15) is 0 Å². The Morgan fingerprint density at radius 3 is 2.68 bits per heavy atom. The number of aliphatic imine (C=N–C) groups is 1. The second-order valence-corrected chi connectivity index (χ2v) is 7.74. The smallest absolute Gasteiger partial charge is 0.194 e. The summed E-state index contributed by atoms with van der Waals surface area (Å²) in [4.78, 5) is 11.2. The summed E-state index contributed by atoms with van der Waals surface area (Å²) in [5.41, 5.74) is 0. The van der Waals surface area contributed by atoms with Gasteiger partial charge in [-0.15, -0.1) is 11.3 Å². The first kappa shape index (κ1) is 20.2. The molecule has 0 bridgehead atoms. The molecule has 5 nitrogen and oxygen atoms in total. The van der Waals surface area contributed by atoms with Crippen molar-refractivity contribution in [1.29, 1.82) is 0 Å². The second-order valence-electron chi connectivity index (χ2n) is 6.70. The van der Waals surface area contributed by atoms with Gasteiger partial charge < -0.3 is 15.3 Å². The van der Waals surface area contributed by atoms with Gasteiger partial charge in [0.1, 0.15) is 0 Å². The van der Waals surface area contributed by atoms with Crippen LogP contribution in [0.25, 0.3) is 0 Å². The fourth-order valence-corrected chi connectivity index (χ4v) is 4.05. The van der Waals surface area contributed by atoms with E-state index in [0.717, 1.165) is 71.0 Å². The summed E-state index contributed by atoms with van der Waals surface area (Å²) in [6.07, 6.45) is 3.14. The molecule has 2 rings (SSSR count). The molecule has 0 saturated carbocycles. The van der Waals surface area contributed by atoms with E-state index in [-0.39, 0.29) is 6.61 Å². The third-order valence-corrected chi connectivity index (χ3v) is 5.56. The molecule has 142 valence electrons. The predicted octanol–water partition coefficient (Wildman–Crippen LogP) is 2.63. The molecule has 1 aliphatic heterocycles. The van der Waals surface area contributed by atoms with E-state index >= 15 is 0 Å². The zero-order valence-electron chi connectivity index (χ0n) is 15.8. The lowest BCUT2D eigenvalue weighted by molar-refractivity contribution is 0.173. The summed E-state index contributed by atoms with van der Waals surface area (Å²) in [6, 6.07) is 4.35. The van der Waals surface area contributed by atoms with Crippen molar-refractivity contribution in [3.63, 3.8) is 0 Å². The molecule has 1 fully saturated rings. The van der Waals surface area contributed by atoms with Gasteiger partial charge in [-0.1, -0.05) is 19.4 Å². The van der Waals surface area contributed by atoms with Crippen molar-refractivity contribution >= 4 is 17.3 Å². The van der Waals surface area contributed by atoms with Crippen molar-refractivity contribution in [3.05, 3.63) is 22.4 Å². The van der Waals surface area contributed by atoms with Gasteiger partial charge in [-0.3, -0.25) is 9.89 Å². The Labute approximate surface area is 156 Å². The Balaban J connectivity index is 1.86. The minimum atomic E-state index is 0.262. The lowest BCUT2D eigenvalue weighted by Crippen LogP contribution is -2.52. The average molecular weight is 367 g/mol. The van der Waals surface area contributed by atoms with Crippen LogP contribution in [0, 0.1) is 5.92 Å². The third kappa shape index (κ3) is 6.96. The Bertz CT molecular complexity index is 478. The molecule has 25 heavy (non-hydrogen) atoms. The Kier molecular flexibility index (Phi) is 9.29. The summed E-state index contributed by atoms with van der Waals surface area (Å²) in [6.45, 7) is 11.6. The normalized spacial score (nSPS) is 17.7. The van der Waals surface area contributed by atoms with E-state index in [4.69, 9.17) is 4.99 Å². The van der Waals surface area contributed by atoms with E-state index in [1.807, 2.05) is 11.3 Å². The number of rotatable bonds is 9. The molecular formula is C19H34N4OS. The number of piperazine rings is 1. The Hall–Kier alpha value is -1.11. The second kappa shape index (κ2) is 11.5. The molecule has 1 aromatic heterocycles. The van der Waals surface area contributed by atoms with Crippen LogP contribution in [0.3, 0.4) is 0 Å². The first-order chi connectivity index (χ1) is 12.3.